The van der Waals surface area contributed by atoms with Crippen LogP contribution in [0.5, 0.6) is 0 Å². The highest BCUT2D eigenvalue weighted by molar-refractivity contribution is 5.92. The van der Waals surface area contributed by atoms with Crippen molar-refractivity contribution in [2.75, 3.05) is 12.4 Å². The van der Waals surface area contributed by atoms with Crippen LogP contribution in [0.2, 0.25) is 0 Å². The van der Waals surface area contributed by atoms with Crippen LogP contribution in [0.15, 0.2) is 36.5 Å². The van der Waals surface area contributed by atoms with Crippen LogP contribution >= 0.6 is 0 Å². The maximum absolute atomic E-state index is 12.2. The fourth-order valence-electron chi connectivity index (χ4n) is 2.44. The first-order valence-electron chi connectivity index (χ1n) is 8.06. The largest absolute Gasteiger partial charge is 0.465 e. The molecule has 1 N–H and O–H groups in total. The number of anilines is 1. The monoisotopic (exact) mass is 329 g/mol. The number of aryl methyl sites for hydroxylation is 1. The second kappa shape index (κ2) is 8.29. The first-order valence-corrected chi connectivity index (χ1v) is 8.06. The predicted octanol–water partition coefficient (Wildman–Crippen LogP) is 3.21. The van der Waals surface area contributed by atoms with E-state index in [-0.39, 0.29) is 24.3 Å². The highest BCUT2D eigenvalue weighted by atomic mass is 16.5. The number of carbonyl (C=O) groups excluding carboxylic acids is 2. The molecule has 0 saturated carbocycles. The van der Waals surface area contributed by atoms with E-state index in [1.54, 1.807) is 29.1 Å². The molecular formula is C18H23N3O3. The van der Waals surface area contributed by atoms with Crippen molar-refractivity contribution < 1.29 is 14.3 Å². The smallest absolute Gasteiger partial charge is 0.338 e. The van der Waals surface area contributed by atoms with Gasteiger partial charge in [0.15, 0.2) is 0 Å². The highest BCUT2D eigenvalue weighted by Crippen LogP contribution is 2.17. The van der Waals surface area contributed by atoms with Crippen molar-refractivity contribution in [3.8, 4) is 0 Å². The Kier molecular flexibility index (Phi) is 6.12. The Morgan fingerprint density at radius 3 is 2.75 bits per heavy atom. The molecule has 0 aliphatic rings. The van der Waals surface area contributed by atoms with E-state index in [1.807, 2.05) is 12.1 Å². The molecule has 1 unspecified atom stereocenters. The Morgan fingerprint density at radius 2 is 2.04 bits per heavy atom. The van der Waals surface area contributed by atoms with Crippen molar-refractivity contribution in [2.24, 2.45) is 0 Å². The first kappa shape index (κ1) is 17.7. The van der Waals surface area contributed by atoms with Gasteiger partial charge in [0.05, 0.1) is 24.9 Å². The van der Waals surface area contributed by atoms with Gasteiger partial charge in [-0.05, 0) is 31.4 Å². The minimum Gasteiger partial charge on any atom is -0.465 e. The number of nitrogens with zero attached hydrogens (tertiary/aromatic N) is 2. The number of hydrogen-bond donors (Lipinski definition) is 1. The number of esters is 1. The third-order valence-corrected chi connectivity index (χ3v) is 3.99. The second-order valence-electron chi connectivity index (χ2n) is 5.62. The van der Waals surface area contributed by atoms with Crippen molar-refractivity contribution in [3.63, 3.8) is 0 Å². The molecule has 0 saturated heterocycles. The summed E-state index contributed by atoms with van der Waals surface area (Å²) in [6, 6.07) is 9.17. The van der Waals surface area contributed by atoms with Crippen molar-refractivity contribution in [1.29, 1.82) is 0 Å². The lowest BCUT2D eigenvalue weighted by Crippen LogP contribution is -2.18. The summed E-state index contributed by atoms with van der Waals surface area (Å²) in [5, 5.41) is 7.13. The molecule has 1 aromatic heterocycles. The molecular weight excluding hydrogens is 306 g/mol. The standard InChI is InChI=1S/C18H23N3O3/c1-4-13(2)21-16(11-12-19-21)20-17(22)10-9-14-7-5-6-8-15(14)18(23)24-3/h5-8,11-13H,4,9-10H2,1-3H3,(H,20,22). The average molecular weight is 329 g/mol. The summed E-state index contributed by atoms with van der Waals surface area (Å²) in [5.41, 5.74) is 1.30. The van der Waals surface area contributed by atoms with Crippen LogP contribution in [0.1, 0.15) is 48.7 Å². The number of amides is 1. The highest BCUT2D eigenvalue weighted by Gasteiger charge is 2.14. The molecule has 6 heteroatoms. The zero-order valence-electron chi connectivity index (χ0n) is 14.3. The van der Waals surface area contributed by atoms with E-state index in [9.17, 15) is 9.59 Å². The van der Waals surface area contributed by atoms with Crippen molar-refractivity contribution >= 4 is 17.7 Å². The van der Waals surface area contributed by atoms with Gasteiger partial charge in [-0.15, -0.1) is 0 Å². The van der Waals surface area contributed by atoms with E-state index < -0.39 is 0 Å². The van der Waals surface area contributed by atoms with E-state index in [0.29, 0.717) is 17.8 Å². The molecule has 2 aromatic rings. The summed E-state index contributed by atoms with van der Waals surface area (Å²) in [5.74, 6) is 0.191. The Balaban J connectivity index is 2.00. The van der Waals surface area contributed by atoms with E-state index in [4.69, 9.17) is 4.74 Å². The number of nitrogens with one attached hydrogen (secondary N) is 1. The molecule has 1 amide bonds. The summed E-state index contributed by atoms with van der Waals surface area (Å²) in [4.78, 5) is 24.0. The Hall–Kier alpha value is -2.63. The zero-order chi connectivity index (χ0) is 17.5. The van der Waals surface area contributed by atoms with Crippen molar-refractivity contribution in [2.45, 2.75) is 39.2 Å². The van der Waals surface area contributed by atoms with Crippen molar-refractivity contribution in [1.82, 2.24) is 9.78 Å². The SMILES string of the molecule is CCC(C)n1nccc1NC(=O)CCc1ccccc1C(=O)OC. The Bertz CT molecular complexity index is 709. The van der Waals surface area contributed by atoms with Crippen LogP contribution in [-0.4, -0.2) is 28.8 Å². The number of rotatable bonds is 7. The normalized spacial score (nSPS) is 11.8. The van der Waals surface area contributed by atoms with Crippen LogP contribution in [0.4, 0.5) is 5.82 Å². The average Bonchev–Trinajstić information content (AvgIpc) is 3.06. The molecule has 0 fully saturated rings. The lowest BCUT2D eigenvalue weighted by Gasteiger charge is -2.14. The summed E-state index contributed by atoms with van der Waals surface area (Å²) < 4.78 is 6.58. The molecule has 1 aromatic carbocycles. The van der Waals surface area contributed by atoms with Crippen LogP contribution in [0.3, 0.4) is 0 Å². The number of benzene rings is 1. The maximum atomic E-state index is 12.2. The van der Waals surface area contributed by atoms with Crippen LogP contribution < -0.4 is 5.32 Å². The number of carbonyl (C=O) groups is 2. The van der Waals surface area contributed by atoms with Gasteiger partial charge in [-0.1, -0.05) is 25.1 Å². The Labute approximate surface area is 141 Å². The quantitative estimate of drug-likeness (QED) is 0.792. The third kappa shape index (κ3) is 4.22. The van der Waals surface area contributed by atoms with E-state index >= 15 is 0 Å². The van der Waals surface area contributed by atoms with Crippen LogP contribution in [0, 0.1) is 0 Å². The fraction of sp³-hybridized carbons (Fsp3) is 0.389. The molecule has 0 aliphatic carbocycles. The molecule has 0 aliphatic heterocycles. The van der Waals surface area contributed by atoms with Crippen molar-refractivity contribution in [3.05, 3.63) is 47.7 Å². The van der Waals surface area contributed by atoms with Gasteiger partial charge in [0.25, 0.3) is 0 Å². The van der Waals surface area contributed by atoms with E-state index in [1.165, 1.54) is 7.11 Å². The molecule has 1 heterocycles. The van der Waals surface area contributed by atoms with E-state index in [2.05, 4.69) is 24.3 Å². The molecule has 0 bridgehead atoms. The Morgan fingerprint density at radius 1 is 1.29 bits per heavy atom. The number of aromatic nitrogens is 2. The lowest BCUT2D eigenvalue weighted by molar-refractivity contribution is -0.116. The summed E-state index contributed by atoms with van der Waals surface area (Å²) in [6.07, 6.45) is 3.35. The molecule has 0 spiro atoms. The summed E-state index contributed by atoms with van der Waals surface area (Å²) in [6.45, 7) is 4.12. The molecule has 24 heavy (non-hydrogen) atoms. The van der Waals surface area contributed by atoms with Gasteiger partial charge in [0.2, 0.25) is 5.91 Å². The third-order valence-electron chi connectivity index (χ3n) is 3.99. The molecule has 1 atom stereocenters. The van der Waals surface area contributed by atoms with Gasteiger partial charge in [-0.3, -0.25) is 4.79 Å². The van der Waals surface area contributed by atoms with Gasteiger partial charge < -0.3 is 10.1 Å². The van der Waals surface area contributed by atoms with Gasteiger partial charge in [-0.2, -0.15) is 5.10 Å². The topological polar surface area (TPSA) is 73.2 Å². The lowest BCUT2D eigenvalue weighted by atomic mass is 10.0. The zero-order valence-corrected chi connectivity index (χ0v) is 14.3. The second-order valence-corrected chi connectivity index (χ2v) is 5.62. The van der Waals surface area contributed by atoms with Gasteiger partial charge in [0, 0.05) is 12.5 Å². The predicted molar refractivity (Wildman–Crippen MR) is 92.0 cm³/mol. The fourth-order valence-corrected chi connectivity index (χ4v) is 2.44. The van der Waals surface area contributed by atoms with Crippen LogP contribution in [-0.2, 0) is 16.0 Å². The van der Waals surface area contributed by atoms with Gasteiger partial charge in [-0.25, -0.2) is 9.48 Å². The molecule has 0 radical (unpaired) electrons. The van der Waals surface area contributed by atoms with Crippen LogP contribution in [0.25, 0.3) is 0 Å². The summed E-state index contributed by atoms with van der Waals surface area (Å²) >= 11 is 0. The summed E-state index contributed by atoms with van der Waals surface area (Å²) in [7, 11) is 1.35. The molecule has 6 nitrogen and oxygen atoms in total. The molecule has 128 valence electrons. The number of ether oxygens (including phenoxy) is 1. The maximum Gasteiger partial charge on any atom is 0.338 e. The van der Waals surface area contributed by atoms with Gasteiger partial charge >= 0.3 is 5.97 Å². The minimum atomic E-state index is -0.388. The van der Waals surface area contributed by atoms with E-state index in [0.717, 1.165) is 12.0 Å². The number of hydrogen-bond acceptors (Lipinski definition) is 4. The first-order chi connectivity index (χ1) is 11.6. The number of methoxy groups -OCH3 is 1. The molecule has 2 rings (SSSR count). The minimum absolute atomic E-state index is 0.111. The van der Waals surface area contributed by atoms with Gasteiger partial charge in [0.1, 0.15) is 5.82 Å².